The summed E-state index contributed by atoms with van der Waals surface area (Å²) in [6.07, 6.45) is 2.15. The molecule has 3 rings (SSSR count). The number of hydrogen-bond acceptors (Lipinski definition) is 4. The highest BCUT2D eigenvalue weighted by atomic mass is 32.2. The van der Waals surface area contributed by atoms with E-state index in [1.54, 1.807) is 30.3 Å². The zero-order valence-electron chi connectivity index (χ0n) is 13.8. The molecular weight excluding hydrogens is 342 g/mol. The van der Waals surface area contributed by atoms with E-state index < -0.39 is 16.0 Å². The SMILES string of the molecule is CCOc1ccc(NS(=O)(=O)c2cc(C(=O)O)cc3c2CCC3)cc1. The number of aryl methyl sites for hydroxylation is 1. The predicted octanol–water partition coefficient (Wildman–Crippen LogP) is 3.07. The van der Waals surface area contributed by atoms with Crippen LogP contribution in [0.5, 0.6) is 5.75 Å². The van der Waals surface area contributed by atoms with Gasteiger partial charge in [0.05, 0.1) is 17.1 Å². The lowest BCUT2D eigenvalue weighted by molar-refractivity contribution is 0.0696. The van der Waals surface area contributed by atoms with Crippen molar-refractivity contribution in [2.24, 2.45) is 0 Å². The fourth-order valence-electron chi connectivity index (χ4n) is 3.02. The Morgan fingerprint density at radius 3 is 2.56 bits per heavy atom. The minimum absolute atomic E-state index is 0.00674. The molecule has 0 heterocycles. The van der Waals surface area contributed by atoms with Crippen molar-refractivity contribution in [3.05, 3.63) is 53.1 Å². The lowest BCUT2D eigenvalue weighted by Crippen LogP contribution is -2.16. The van der Waals surface area contributed by atoms with Gasteiger partial charge in [-0.3, -0.25) is 4.72 Å². The van der Waals surface area contributed by atoms with E-state index in [0.717, 1.165) is 12.0 Å². The van der Waals surface area contributed by atoms with Crippen LogP contribution in [-0.4, -0.2) is 26.1 Å². The molecule has 2 aromatic carbocycles. The standard InChI is InChI=1S/C18H19NO5S/c1-2-24-15-8-6-14(7-9-15)19-25(22,23)17-11-13(18(20)21)10-12-4-3-5-16(12)17/h6-11,19H,2-5H2,1H3,(H,20,21). The van der Waals surface area contributed by atoms with Gasteiger partial charge in [0.25, 0.3) is 10.0 Å². The Bertz CT molecular complexity index is 904. The van der Waals surface area contributed by atoms with Crippen LogP contribution in [0.1, 0.15) is 34.8 Å². The monoisotopic (exact) mass is 361 g/mol. The highest BCUT2D eigenvalue weighted by Gasteiger charge is 2.26. The van der Waals surface area contributed by atoms with Crippen LogP contribution in [0.25, 0.3) is 0 Å². The van der Waals surface area contributed by atoms with Gasteiger partial charge in [-0.1, -0.05) is 0 Å². The van der Waals surface area contributed by atoms with Gasteiger partial charge in [-0.25, -0.2) is 13.2 Å². The van der Waals surface area contributed by atoms with Crippen LogP contribution in [0.15, 0.2) is 41.3 Å². The summed E-state index contributed by atoms with van der Waals surface area (Å²) < 4.78 is 33.5. The Balaban J connectivity index is 1.96. The van der Waals surface area contributed by atoms with Crippen LogP contribution in [0, 0.1) is 0 Å². The van der Waals surface area contributed by atoms with Crippen molar-refractivity contribution in [3.8, 4) is 5.75 Å². The molecule has 0 bridgehead atoms. The van der Waals surface area contributed by atoms with Crippen molar-refractivity contribution in [1.82, 2.24) is 0 Å². The molecule has 0 aliphatic heterocycles. The number of benzene rings is 2. The average molecular weight is 361 g/mol. The Kier molecular flexibility index (Phi) is 4.67. The molecule has 2 aromatic rings. The first-order chi connectivity index (χ1) is 11.9. The van der Waals surface area contributed by atoms with Gasteiger partial charge in [-0.2, -0.15) is 0 Å². The number of carboxylic acid groups (broad SMARTS) is 1. The van der Waals surface area contributed by atoms with Crippen molar-refractivity contribution < 1.29 is 23.1 Å². The van der Waals surface area contributed by atoms with Crippen LogP contribution in [-0.2, 0) is 22.9 Å². The number of aromatic carboxylic acids is 1. The highest BCUT2D eigenvalue weighted by molar-refractivity contribution is 7.92. The van der Waals surface area contributed by atoms with Gasteiger partial charge in [-0.05, 0) is 73.7 Å². The third-order valence-electron chi connectivity index (χ3n) is 4.13. The molecule has 2 N–H and O–H groups in total. The first-order valence-electron chi connectivity index (χ1n) is 8.05. The number of rotatable bonds is 6. The molecule has 0 saturated heterocycles. The van der Waals surface area contributed by atoms with Crippen molar-refractivity contribution in [2.45, 2.75) is 31.1 Å². The fraction of sp³-hybridized carbons (Fsp3) is 0.278. The molecule has 0 unspecified atom stereocenters. The number of anilines is 1. The lowest BCUT2D eigenvalue weighted by Gasteiger charge is -2.13. The summed E-state index contributed by atoms with van der Waals surface area (Å²) in [5, 5.41) is 9.25. The van der Waals surface area contributed by atoms with E-state index in [1.807, 2.05) is 6.92 Å². The van der Waals surface area contributed by atoms with E-state index in [9.17, 15) is 18.3 Å². The van der Waals surface area contributed by atoms with Crippen LogP contribution in [0.4, 0.5) is 5.69 Å². The van der Waals surface area contributed by atoms with E-state index in [2.05, 4.69) is 4.72 Å². The van der Waals surface area contributed by atoms with Gasteiger partial charge in [-0.15, -0.1) is 0 Å². The summed E-state index contributed by atoms with van der Waals surface area (Å²) in [6, 6.07) is 9.40. The number of nitrogens with one attached hydrogen (secondary N) is 1. The molecule has 1 aliphatic carbocycles. The fourth-order valence-corrected chi connectivity index (χ4v) is 4.42. The zero-order chi connectivity index (χ0) is 18.0. The van der Waals surface area contributed by atoms with E-state index in [-0.39, 0.29) is 10.5 Å². The molecule has 0 fully saturated rings. The summed E-state index contributed by atoms with van der Waals surface area (Å²) in [4.78, 5) is 11.4. The molecule has 0 aromatic heterocycles. The maximum Gasteiger partial charge on any atom is 0.335 e. The van der Waals surface area contributed by atoms with E-state index in [0.29, 0.717) is 36.4 Å². The highest BCUT2D eigenvalue weighted by Crippen LogP contribution is 2.31. The van der Waals surface area contributed by atoms with Gasteiger partial charge >= 0.3 is 5.97 Å². The van der Waals surface area contributed by atoms with Crippen LogP contribution >= 0.6 is 0 Å². The second kappa shape index (κ2) is 6.76. The van der Waals surface area contributed by atoms with E-state index >= 15 is 0 Å². The van der Waals surface area contributed by atoms with Crippen LogP contribution in [0.2, 0.25) is 0 Å². The molecular formula is C18H19NO5S. The quantitative estimate of drug-likeness (QED) is 0.825. The molecule has 0 amide bonds. The summed E-state index contributed by atoms with van der Waals surface area (Å²) in [5.74, 6) is -0.480. The number of ether oxygens (including phenoxy) is 1. The summed E-state index contributed by atoms with van der Waals surface area (Å²) in [7, 11) is -3.87. The van der Waals surface area contributed by atoms with Gasteiger partial charge in [0, 0.05) is 5.69 Å². The largest absolute Gasteiger partial charge is 0.494 e. The first kappa shape index (κ1) is 17.3. The Hall–Kier alpha value is -2.54. The molecule has 1 aliphatic rings. The number of fused-ring (bicyclic) bond motifs is 1. The maximum absolute atomic E-state index is 12.8. The Morgan fingerprint density at radius 2 is 1.92 bits per heavy atom. The molecule has 0 saturated carbocycles. The van der Waals surface area contributed by atoms with Crippen molar-refractivity contribution in [2.75, 3.05) is 11.3 Å². The summed E-state index contributed by atoms with van der Waals surface area (Å²) in [6.45, 7) is 2.39. The van der Waals surface area contributed by atoms with Gasteiger partial charge < -0.3 is 9.84 Å². The molecule has 132 valence electrons. The van der Waals surface area contributed by atoms with Crippen molar-refractivity contribution in [3.63, 3.8) is 0 Å². The molecule has 25 heavy (non-hydrogen) atoms. The van der Waals surface area contributed by atoms with Crippen LogP contribution < -0.4 is 9.46 Å². The summed E-state index contributed by atoms with van der Waals surface area (Å²) in [5.41, 5.74) is 1.90. The number of hydrogen-bond donors (Lipinski definition) is 2. The van der Waals surface area contributed by atoms with E-state index in [4.69, 9.17) is 4.74 Å². The zero-order valence-corrected chi connectivity index (χ0v) is 14.6. The van der Waals surface area contributed by atoms with Crippen LogP contribution in [0.3, 0.4) is 0 Å². The lowest BCUT2D eigenvalue weighted by atomic mass is 10.1. The number of sulfonamides is 1. The molecule has 7 heteroatoms. The van der Waals surface area contributed by atoms with Crippen molar-refractivity contribution >= 4 is 21.7 Å². The van der Waals surface area contributed by atoms with Crippen molar-refractivity contribution in [1.29, 1.82) is 0 Å². The Labute approximate surface area is 146 Å². The van der Waals surface area contributed by atoms with E-state index in [1.165, 1.54) is 6.07 Å². The number of carbonyl (C=O) groups is 1. The smallest absolute Gasteiger partial charge is 0.335 e. The van der Waals surface area contributed by atoms with Gasteiger partial charge in [0.15, 0.2) is 0 Å². The third kappa shape index (κ3) is 3.61. The number of carboxylic acids is 1. The first-order valence-corrected chi connectivity index (χ1v) is 9.54. The molecule has 6 nitrogen and oxygen atoms in total. The van der Waals surface area contributed by atoms with Gasteiger partial charge in [0.1, 0.15) is 5.75 Å². The minimum atomic E-state index is -3.87. The second-order valence-corrected chi connectivity index (χ2v) is 7.48. The maximum atomic E-state index is 12.8. The second-order valence-electron chi connectivity index (χ2n) is 5.83. The normalized spacial score (nSPS) is 13.3. The average Bonchev–Trinajstić information content (AvgIpc) is 3.04. The molecule has 0 radical (unpaired) electrons. The Morgan fingerprint density at radius 1 is 1.20 bits per heavy atom. The third-order valence-corrected chi connectivity index (χ3v) is 5.58. The summed E-state index contributed by atoms with van der Waals surface area (Å²) >= 11 is 0. The van der Waals surface area contributed by atoms with Gasteiger partial charge in [0.2, 0.25) is 0 Å². The minimum Gasteiger partial charge on any atom is -0.494 e. The molecule has 0 spiro atoms. The predicted molar refractivity (Wildman–Crippen MR) is 93.8 cm³/mol. The molecule has 0 atom stereocenters. The topological polar surface area (TPSA) is 92.7 Å².